The van der Waals surface area contributed by atoms with Crippen LogP contribution < -0.4 is 16.4 Å². The molecule has 0 bridgehead atoms. The summed E-state index contributed by atoms with van der Waals surface area (Å²) in [6, 6.07) is 9.19. The number of carbonyl (C=O) groups excluding carboxylic acids is 1. The van der Waals surface area contributed by atoms with Crippen LogP contribution in [0.3, 0.4) is 0 Å². The normalized spacial score (nSPS) is 11.3. The number of hydrogen-bond donors (Lipinski definition) is 4. The molecule has 0 fully saturated rings. The number of nitrogen functional groups attached to an aromatic ring is 1. The van der Waals surface area contributed by atoms with Crippen LogP contribution in [0, 0.1) is 0 Å². The Morgan fingerprint density at radius 2 is 1.81 bits per heavy atom. The van der Waals surface area contributed by atoms with Gasteiger partial charge in [0.2, 0.25) is 0 Å². The highest BCUT2D eigenvalue weighted by Gasteiger charge is 2.33. The van der Waals surface area contributed by atoms with Crippen molar-refractivity contribution in [2.45, 2.75) is 6.18 Å². The summed E-state index contributed by atoms with van der Waals surface area (Å²) in [5.74, 6) is 0.264. The van der Waals surface area contributed by atoms with Gasteiger partial charge in [-0.2, -0.15) is 13.2 Å². The maximum atomic E-state index is 12.7. The highest BCUT2D eigenvalue weighted by molar-refractivity contribution is 6.31. The third-order valence-electron chi connectivity index (χ3n) is 3.56. The molecule has 0 aliphatic carbocycles. The molecule has 0 unspecified atom stereocenters. The van der Waals surface area contributed by atoms with Gasteiger partial charge in [-0.25, -0.2) is 9.78 Å². The van der Waals surface area contributed by atoms with Gasteiger partial charge in [0, 0.05) is 16.9 Å². The van der Waals surface area contributed by atoms with E-state index in [2.05, 4.69) is 20.6 Å². The first-order valence-electron chi connectivity index (χ1n) is 7.58. The van der Waals surface area contributed by atoms with Gasteiger partial charge in [0.25, 0.3) is 0 Å². The Kier molecular flexibility index (Phi) is 4.95. The number of imidazole rings is 1. The van der Waals surface area contributed by atoms with Crippen LogP contribution in [-0.2, 0) is 6.18 Å². The molecule has 3 rings (SSSR count). The number of anilines is 3. The van der Waals surface area contributed by atoms with Gasteiger partial charge in [-0.05, 0) is 30.3 Å². The molecule has 2 aromatic carbocycles. The fourth-order valence-electron chi connectivity index (χ4n) is 2.36. The molecule has 27 heavy (non-hydrogen) atoms. The summed E-state index contributed by atoms with van der Waals surface area (Å²) in [6.07, 6.45) is -3.01. The third kappa shape index (κ3) is 4.50. The Morgan fingerprint density at radius 3 is 2.41 bits per heavy atom. The Balaban J connectivity index is 1.70. The zero-order chi connectivity index (χ0) is 19.6. The number of urea groups is 1. The number of carbonyl (C=O) groups is 1. The average Bonchev–Trinajstić information content (AvgIpc) is 3.00. The van der Waals surface area contributed by atoms with E-state index < -0.39 is 22.8 Å². The molecule has 0 saturated carbocycles. The van der Waals surface area contributed by atoms with Gasteiger partial charge in [-0.3, -0.25) is 0 Å². The number of nitrogens with two attached hydrogens (primary N) is 1. The standard InChI is InChI=1S/C17H13ClF3N5O/c18-13-7-11(4-5-12(13)17(19,20)21)25-16(27)24-10-3-1-2-9(6-10)14-8-23-15(22)26-14/h1-8H,(H3,22,23,26)(H2,24,25,27). The molecule has 0 spiro atoms. The maximum absolute atomic E-state index is 12.7. The summed E-state index contributed by atoms with van der Waals surface area (Å²) in [6.45, 7) is 0. The average molecular weight is 396 g/mol. The second-order valence-corrected chi connectivity index (χ2v) is 5.94. The minimum absolute atomic E-state index is 0.128. The molecule has 0 radical (unpaired) electrons. The van der Waals surface area contributed by atoms with Crippen LogP contribution in [-0.4, -0.2) is 16.0 Å². The Labute approximate surface area is 156 Å². The molecule has 140 valence electrons. The lowest BCUT2D eigenvalue weighted by Crippen LogP contribution is -2.19. The second-order valence-electron chi connectivity index (χ2n) is 5.53. The molecular formula is C17H13ClF3N5O. The van der Waals surface area contributed by atoms with Crippen LogP contribution in [0.4, 0.5) is 35.3 Å². The van der Waals surface area contributed by atoms with Gasteiger partial charge in [-0.1, -0.05) is 23.7 Å². The molecule has 1 aromatic heterocycles. The molecule has 0 aliphatic heterocycles. The van der Waals surface area contributed by atoms with Gasteiger partial charge in [-0.15, -0.1) is 0 Å². The fourth-order valence-corrected chi connectivity index (χ4v) is 2.65. The fraction of sp³-hybridized carbons (Fsp3) is 0.0588. The monoisotopic (exact) mass is 395 g/mol. The number of aromatic nitrogens is 2. The largest absolute Gasteiger partial charge is 0.417 e. The summed E-state index contributed by atoms with van der Waals surface area (Å²) >= 11 is 5.64. The number of nitrogens with zero attached hydrogens (tertiary/aromatic N) is 1. The van der Waals surface area contributed by atoms with E-state index in [9.17, 15) is 18.0 Å². The predicted octanol–water partition coefficient (Wildman–Crippen LogP) is 4.98. The maximum Gasteiger partial charge on any atom is 0.417 e. The summed E-state index contributed by atoms with van der Waals surface area (Å²) in [5, 5.41) is 4.52. The Hall–Kier alpha value is -3.20. The molecule has 1 heterocycles. The van der Waals surface area contributed by atoms with Gasteiger partial charge >= 0.3 is 12.2 Å². The molecule has 6 nitrogen and oxygen atoms in total. The van der Waals surface area contributed by atoms with Crippen molar-refractivity contribution in [2.75, 3.05) is 16.4 Å². The number of benzene rings is 2. The summed E-state index contributed by atoms with van der Waals surface area (Å²) < 4.78 is 38.1. The topological polar surface area (TPSA) is 95.8 Å². The number of aromatic amines is 1. The summed E-state index contributed by atoms with van der Waals surface area (Å²) in [5.41, 5.74) is 6.59. The van der Waals surface area contributed by atoms with Crippen LogP contribution in [0.25, 0.3) is 11.3 Å². The van der Waals surface area contributed by atoms with Crippen molar-refractivity contribution in [3.05, 3.63) is 59.2 Å². The van der Waals surface area contributed by atoms with Gasteiger partial charge in [0.1, 0.15) is 0 Å². The number of hydrogen-bond acceptors (Lipinski definition) is 3. The van der Waals surface area contributed by atoms with Crippen LogP contribution in [0.2, 0.25) is 5.02 Å². The van der Waals surface area contributed by atoms with E-state index in [1.165, 1.54) is 0 Å². The van der Waals surface area contributed by atoms with E-state index in [1.54, 1.807) is 30.5 Å². The van der Waals surface area contributed by atoms with Crippen molar-refractivity contribution in [2.24, 2.45) is 0 Å². The molecule has 0 aliphatic rings. The number of H-pyrrole nitrogens is 1. The minimum Gasteiger partial charge on any atom is -0.369 e. The summed E-state index contributed by atoms with van der Waals surface area (Å²) in [7, 11) is 0. The first kappa shape index (κ1) is 18.6. The van der Waals surface area contributed by atoms with Crippen LogP contribution >= 0.6 is 11.6 Å². The lowest BCUT2D eigenvalue weighted by atomic mass is 10.1. The molecule has 2 amide bonds. The number of halogens is 4. The molecule has 5 N–H and O–H groups in total. The van der Waals surface area contributed by atoms with Crippen molar-refractivity contribution in [3.8, 4) is 11.3 Å². The highest BCUT2D eigenvalue weighted by atomic mass is 35.5. The van der Waals surface area contributed by atoms with Gasteiger partial charge in [0.15, 0.2) is 5.95 Å². The highest BCUT2D eigenvalue weighted by Crippen LogP contribution is 2.35. The Morgan fingerprint density at radius 1 is 1.11 bits per heavy atom. The molecule has 3 aromatic rings. The van der Waals surface area contributed by atoms with E-state index in [1.807, 2.05) is 0 Å². The van der Waals surface area contributed by atoms with Crippen molar-refractivity contribution in [3.63, 3.8) is 0 Å². The number of nitrogens with one attached hydrogen (secondary N) is 3. The lowest BCUT2D eigenvalue weighted by molar-refractivity contribution is -0.137. The van der Waals surface area contributed by atoms with Gasteiger partial charge in [0.05, 0.1) is 22.5 Å². The molecular weight excluding hydrogens is 383 g/mol. The smallest absolute Gasteiger partial charge is 0.369 e. The molecule has 0 saturated heterocycles. The van der Waals surface area contributed by atoms with E-state index in [-0.39, 0.29) is 11.6 Å². The lowest BCUT2D eigenvalue weighted by Gasteiger charge is -2.12. The number of alkyl halides is 3. The van der Waals surface area contributed by atoms with Crippen molar-refractivity contribution >= 4 is 35.0 Å². The van der Waals surface area contributed by atoms with Crippen LogP contribution in [0.5, 0.6) is 0 Å². The second kappa shape index (κ2) is 7.20. The van der Waals surface area contributed by atoms with Crippen molar-refractivity contribution < 1.29 is 18.0 Å². The van der Waals surface area contributed by atoms with E-state index in [4.69, 9.17) is 17.3 Å². The Bertz CT molecular complexity index is 987. The quantitative estimate of drug-likeness (QED) is 0.504. The number of amides is 2. The van der Waals surface area contributed by atoms with E-state index >= 15 is 0 Å². The van der Waals surface area contributed by atoms with Gasteiger partial charge < -0.3 is 21.4 Å². The minimum atomic E-state index is -4.56. The summed E-state index contributed by atoms with van der Waals surface area (Å²) in [4.78, 5) is 18.9. The van der Waals surface area contributed by atoms with Crippen LogP contribution in [0.15, 0.2) is 48.7 Å². The van der Waals surface area contributed by atoms with Crippen LogP contribution in [0.1, 0.15) is 5.56 Å². The zero-order valence-electron chi connectivity index (χ0n) is 13.6. The molecule has 10 heteroatoms. The first-order valence-corrected chi connectivity index (χ1v) is 7.96. The third-order valence-corrected chi connectivity index (χ3v) is 3.87. The first-order chi connectivity index (χ1) is 12.7. The molecule has 0 atom stereocenters. The predicted molar refractivity (Wildman–Crippen MR) is 97.5 cm³/mol. The van der Waals surface area contributed by atoms with Crippen molar-refractivity contribution in [1.29, 1.82) is 0 Å². The number of rotatable bonds is 3. The zero-order valence-corrected chi connectivity index (χ0v) is 14.3. The van der Waals surface area contributed by atoms with E-state index in [0.717, 1.165) is 23.8 Å². The van der Waals surface area contributed by atoms with Crippen molar-refractivity contribution in [1.82, 2.24) is 9.97 Å². The van der Waals surface area contributed by atoms with E-state index in [0.29, 0.717) is 11.4 Å². The SMILES string of the molecule is Nc1ncc(-c2cccc(NC(=O)Nc3ccc(C(F)(F)F)c(Cl)c3)c2)[nH]1.